The lowest BCUT2D eigenvalue weighted by Crippen LogP contribution is -2.26. The zero-order valence-corrected chi connectivity index (χ0v) is 14.2. The van der Waals surface area contributed by atoms with E-state index in [4.69, 9.17) is 0 Å². The molecule has 3 heterocycles. The number of nitriles is 1. The van der Waals surface area contributed by atoms with Gasteiger partial charge in [-0.15, -0.1) is 0 Å². The molecule has 1 aromatic carbocycles. The lowest BCUT2D eigenvalue weighted by Gasteiger charge is -2.11. The molecule has 4 rings (SSSR count). The minimum atomic E-state index is -0.576. The lowest BCUT2D eigenvalue weighted by atomic mass is 10.1. The van der Waals surface area contributed by atoms with Gasteiger partial charge in [0.2, 0.25) is 0 Å². The van der Waals surface area contributed by atoms with Gasteiger partial charge < -0.3 is 0 Å². The molecule has 0 saturated heterocycles. The molecule has 0 radical (unpaired) electrons. The Balaban J connectivity index is 2.17. The number of fused-ring (bicyclic) bond motifs is 2. The highest BCUT2D eigenvalue weighted by Gasteiger charge is 2.16. The fourth-order valence-corrected chi connectivity index (χ4v) is 2.98. The first kappa shape index (κ1) is 16.4. The first-order valence-corrected chi connectivity index (χ1v) is 8.10. The number of hydrogen-bond acceptors (Lipinski definition) is 5. The van der Waals surface area contributed by atoms with E-state index in [0.717, 1.165) is 0 Å². The van der Waals surface area contributed by atoms with Crippen molar-refractivity contribution >= 4 is 22.5 Å². The molecule has 0 unspecified atom stereocenters. The molecule has 0 bridgehead atoms. The summed E-state index contributed by atoms with van der Waals surface area (Å²) in [6, 6.07) is 14.6. The highest BCUT2D eigenvalue weighted by atomic mass is 16.1. The topological polar surface area (TPSA) is 97.2 Å². The van der Waals surface area contributed by atoms with Crippen molar-refractivity contribution in [2.45, 2.75) is 6.92 Å². The second-order valence-corrected chi connectivity index (χ2v) is 6.00. The molecule has 130 valence electrons. The van der Waals surface area contributed by atoms with Crippen molar-refractivity contribution in [2.24, 2.45) is 0 Å². The molecule has 3 aromatic heterocycles. The van der Waals surface area contributed by atoms with Crippen molar-refractivity contribution in [2.75, 3.05) is 0 Å². The van der Waals surface area contributed by atoms with Crippen molar-refractivity contribution in [3.05, 3.63) is 86.6 Å². The van der Waals surface area contributed by atoms with Gasteiger partial charge in [-0.05, 0) is 49.4 Å². The average molecular weight is 356 g/mol. The Morgan fingerprint density at radius 1 is 1.07 bits per heavy atom. The summed E-state index contributed by atoms with van der Waals surface area (Å²) in [7, 11) is 0. The summed E-state index contributed by atoms with van der Waals surface area (Å²) in [5.41, 5.74) is 0.339. The van der Waals surface area contributed by atoms with Gasteiger partial charge in [0.1, 0.15) is 17.3 Å². The number of rotatable bonds is 2. The fraction of sp³-hybridized carbons (Fsp3) is 0.0500. The molecule has 7 nitrogen and oxygen atoms in total. The van der Waals surface area contributed by atoms with Crippen molar-refractivity contribution in [1.29, 1.82) is 5.26 Å². The van der Waals surface area contributed by atoms with Gasteiger partial charge in [-0.25, -0.2) is 4.98 Å². The van der Waals surface area contributed by atoms with Crippen molar-refractivity contribution in [3.8, 4) is 11.8 Å². The van der Waals surface area contributed by atoms with E-state index in [1.165, 1.54) is 22.0 Å². The van der Waals surface area contributed by atoms with E-state index in [-0.39, 0.29) is 27.9 Å². The molecule has 27 heavy (non-hydrogen) atoms. The summed E-state index contributed by atoms with van der Waals surface area (Å²) in [5.74, 6) is -0.105. The van der Waals surface area contributed by atoms with Gasteiger partial charge in [-0.3, -0.25) is 23.4 Å². The molecule has 0 saturated carbocycles. The third-order valence-electron chi connectivity index (χ3n) is 4.34. The fourth-order valence-electron chi connectivity index (χ4n) is 2.98. The van der Waals surface area contributed by atoms with Crippen LogP contribution in [0.2, 0.25) is 0 Å². The van der Waals surface area contributed by atoms with E-state index >= 15 is 0 Å². The molecular formula is C20H12N4O3. The highest BCUT2D eigenvalue weighted by Crippen LogP contribution is 2.16. The number of benzene rings is 1. The Labute approximate surface area is 152 Å². The molecular weight excluding hydrogens is 344 g/mol. The quantitative estimate of drug-likeness (QED) is 0.405. The maximum atomic E-state index is 12.8. The van der Waals surface area contributed by atoms with Crippen LogP contribution in [-0.4, -0.2) is 19.7 Å². The molecule has 0 fully saturated rings. The van der Waals surface area contributed by atoms with Crippen LogP contribution in [0.25, 0.3) is 22.4 Å². The number of ketones is 1. The molecule has 0 aliphatic carbocycles. The predicted molar refractivity (Wildman–Crippen MR) is 99.3 cm³/mol. The maximum Gasteiger partial charge on any atom is 0.274 e. The molecule has 0 atom stereocenters. The summed E-state index contributed by atoms with van der Waals surface area (Å²) in [4.78, 5) is 41.6. The Hall–Kier alpha value is -4.05. The van der Waals surface area contributed by atoms with Crippen LogP contribution in [-0.2, 0) is 0 Å². The largest absolute Gasteiger partial charge is 0.295 e. The molecule has 0 aliphatic heterocycles. The van der Waals surface area contributed by atoms with Gasteiger partial charge in [0.05, 0.1) is 11.1 Å². The van der Waals surface area contributed by atoms with E-state index in [9.17, 15) is 19.6 Å². The van der Waals surface area contributed by atoms with Gasteiger partial charge in [-0.2, -0.15) is 5.26 Å². The third-order valence-corrected chi connectivity index (χ3v) is 4.34. The number of hydrogen-bond donors (Lipinski definition) is 0. The predicted octanol–water partition coefficient (Wildman–Crippen LogP) is 2.07. The smallest absolute Gasteiger partial charge is 0.274 e. The Morgan fingerprint density at radius 2 is 1.81 bits per heavy atom. The van der Waals surface area contributed by atoms with Gasteiger partial charge >= 0.3 is 0 Å². The number of Topliss-reactive ketones (excluding diaryl/α,β-unsaturated/α-hetero) is 1. The minimum Gasteiger partial charge on any atom is -0.295 e. The summed E-state index contributed by atoms with van der Waals surface area (Å²) >= 11 is 0. The molecule has 0 spiro atoms. The number of carbonyl (C=O) groups is 1. The molecule has 0 N–H and O–H groups in total. The summed E-state index contributed by atoms with van der Waals surface area (Å²) in [6.07, 6.45) is 1.58. The van der Waals surface area contributed by atoms with E-state index in [1.54, 1.807) is 48.7 Å². The van der Waals surface area contributed by atoms with Crippen LogP contribution >= 0.6 is 0 Å². The zero-order chi connectivity index (χ0) is 19.1. The number of pyridine rings is 2. The maximum absolute atomic E-state index is 12.8. The normalized spacial score (nSPS) is 10.8. The van der Waals surface area contributed by atoms with Crippen LogP contribution in [0.4, 0.5) is 0 Å². The Morgan fingerprint density at radius 3 is 2.48 bits per heavy atom. The number of carbonyl (C=O) groups excluding carboxylic acids is 1. The van der Waals surface area contributed by atoms with Crippen molar-refractivity contribution in [1.82, 2.24) is 14.0 Å². The van der Waals surface area contributed by atoms with E-state index in [0.29, 0.717) is 16.9 Å². The van der Waals surface area contributed by atoms with Crippen LogP contribution < -0.4 is 11.1 Å². The molecule has 0 amide bonds. The summed E-state index contributed by atoms with van der Waals surface area (Å²) in [6.45, 7) is 1.45. The average Bonchev–Trinajstić information content (AvgIpc) is 2.68. The first-order valence-electron chi connectivity index (χ1n) is 8.10. The van der Waals surface area contributed by atoms with Crippen molar-refractivity contribution in [3.63, 3.8) is 0 Å². The first-order chi connectivity index (χ1) is 13.0. The number of aromatic nitrogens is 3. The van der Waals surface area contributed by atoms with Crippen LogP contribution in [0, 0.1) is 11.3 Å². The van der Waals surface area contributed by atoms with Gasteiger partial charge in [0.25, 0.3) is 11.1 Å². The van der Waals surface area contributed by atoms with Gasteiger partial charge in [-0.1, -0.05) is 6.07 Å². The third kappa shape index (κ3) is 2.51. The molecule has 7 heteroatoms. The lowest BCUT2D eigenvalue weighted by molar-refractivity contribution is 0.101. The zero-order valence-electron chi connectivity index (χ0n) is 14.2. The van der Waals surface area contributed by atoms with E-state index in [1.807, 2.05) is 6.07 Å². The second kappa shape index (κ2) is 6.04. The monoisotopic (exact) mass is 356 g/mol. The van der Waals surface area contributed by atoms with Crippen LogP contribution in [0.5, 0.6) is 0 Å². The second-order valence-electron chi connectivity index (χ2n) is 6.00. The number of nitrogens with zero attached hydrogens (tertiary/aromatic N) is 4. The van der Waals surface area contributed by atoms with Crippen LogP contribution in [0.3, 0.4) is 0 Å². The Bertz CT molecular complexity index is 1390. The van der Waals surface area contributed by atoms with Crippen LogP contribution in [0.15, 0.2) is 64.3 Å². The van der Waals surface area contributed by atoms with Gasteiger partial charge in [0, 0.05) is 11.8 Å². The molecule has 4 aromatic rings. The summed E-state index contributed by atoms with van der Waals surface area (Å²) < 4.78 is 2.59. The minimum absolute atomic E-state index is 0.105. The highest BCUT2D eigenvalue weighted by molar-refractivity contribution is 5.94. The molecule has 0 aliphatic rings. The SMILES string of the molecule is CC(=O)c1ccc(-n2c(=O)c(C#N)cc3c(=O)n4ccccc4nc32)cc1. The van der Waals surface area contributed by atoms with Crippen molar-refractivity contribution < 1.29 is 4.79 Å². The van der Waals surface area contributed by atoms with Crippen LogP contribution in [0.1, 0.15) is 22.8 Å². The standard InChI is InChI=1S/C20H12N4O3/c1-12(25)13-5-7-15(8-6-13)24-18-16(10-14(11-21)19(24)26)20(27)23-9-3-2-4-17(23)22-18/h2-10H,1H3. The van der Waals surface area contributed by atoms with E-state index < -0.39 is 5.56 Å². The van der Waals surface area contributed by atoms with E-state index in [2.05, 4.69) is 4.98 Å². The summed E-state index contributed by atoms with van der Waals surface area (Å²) in [5, 5.41) is 9.49. The Kier molecular flexibility index (Phi) is 3.67. The van der Waals surface area contributed by atoms with Gasteiger partial charge in [0.15, 0.2) is 11.4 Å².